The van der Waals surface area contributed by atoms with Crippen molar-refractivity contribution in [2.45, 2.75) is 39.2 Å². The van der Waals surface area contributed by atoms with Crippen molar-refractivity contribution in [1.82, 2.24) is 24.7 Å². The van der Waals surface area contributed by atoms with Crippen LogP contribution in [0.1, 0.15) is 48.5 Å². The molecule has 0 radical (unpaired) electrons. The van der Waals surface area contributed by atoms with Crippen LogP contribution in [0.5, 0.6) is 0 Å². The first-order valence-electron chi connectivity index (χ1n) is 10.1. The topological polar surface area (TPSA) is 113 Å². The number of nitrogen functional groups attached to an aromatic ring is 1. The van der Waals surface area contributed by atoms with Crippen LogP contribution >= 0.6 is 0 Å². The smallest absolute Gasteiger partial charge is 0.263 e. The van der Waals surface area contributed by atoms with Crippen molar-refractivity contribution < 1.29 is 4.52 Å². The highest BCUT2D eigenvalue weighted by molar-refractivity contribution is 5.79. The number of benzene rings is 1. The van der Waals surface area contributed by atoms with Gasteiger partial charge in [0.25, 0.3) is 5.56 Å². The van der Waals surface area contributed by atoms with Gasteiger partial charge in [0.1, 0.15) is 18.7 Å². The number of aromatic nitrogens is 5. The first-order chi connectivity index (χ1) is 14.9. The Bertz CT molecular complexity index is 1290. The standard InChI is InChI=1S/C14H14N6O2.C9H10/c1-7-4-9(15)17-13-11(7)14(21)20(6-16-13)5-10-18-12(19-22-10)8-2-3-8;1-8(2)9-6-4-3-5-7-9/h4,6,8H,2-3,5H2,1H3,(H2,15,17);3-7H,1H2,2H3. The van der Waals surface area contributed by atoms with E-state index in [0.29, 0.717) is 28.7 Å². The minimum Gasteiger partial charge on any atom is -0.384 e. The van der Waals surface area contributed by atoms with Gasteiger partial charge in [0, 0.05) is 5.92 Å². The lowest BCUT2D eigenvalue weighted by atomic mass is 10.1. The van der Waals surface area contributed by atoms with E-state index < -0.39 is 0 Å². The van der Waals surface area contributed by atoms with Gasteiger partial charge in [-0.2, -0.15) is 4.98 Å². The van der Waals surface area contributed by atoms with E-state index in [1.165, 1.54) is 16.5 Å². The summed E-state index contributed by atoms with van der Waals surface area (Å²) in [5.74, 6) is 1.90. The number of nitrogens with two attached hydrogens (primary N) is 1. The van der Waals surface area contributed by atoms with Crippen LogP contribution in [0.3, 0.4) is 0 Å². The molecule has 4 aromatic rings. The van der Waals surface area contributed by atoms with Crippen LogP contribution in [0.25, 0.3) is 16.6 Å². The highest BCUT2D eigenvalue weighted by Crippen LogP contribution is 2.38. The third-order valence-electron chi connectivity index (χ3n) is 5.01. The lowest BCUT2D eigenvalue weighted by molar-refractivity contribution is 0.364. The number of pyridine rings is 1. The Morgan fingerprint density at radius 3 is 2.65 bits per heavy atom. The monoisotopic (exact) mass is 416 g/mol. The maximum Gasteiger partial charge on any atom is 0.263 e. The second-order valence-corrected chi connectivity index (χ2v) is 7.71. The van der Waals surface area contributed by atoms with Crippen LogP contribution < -0.4 is 11.3 Å². The molecule has 0 amide bonds. The van der Waals surface area contributed by atoms with E-state index in [9.17, 15) is 4.79 Å². The van der Waals surface area contributed by atoms with E-state index in [4.69, 9.17) is 10.3 Å². The molecular formula is C23H24N6O2. The van der Waals surface area contributed by atoms with E-state index in [0.717, 1.165) is 29.8 Å². The Hall–Kier alpha value is -3.81. The van der Waals surface area contributed by atoms with Gasteiger partial charge in [0.15, 0.2) is 11.5 Å². The summed E-state index contributed by atoms with van der Waals surface area (Å²) in [5, 5.41) is 4.40. The van der Waals surface area contributed by atoms with Gasteiger partial charge in [-0.1, -0.05) is 47.6 Å². The summed E-state index contributed by atoms with van der Waals surface area (Å²) in [6.45, 7) is 7.85. The molecule has 1 aliphatic carbocycles. The van der Waals surface area contributed by atoms with Crippen LogP contribution in [-0.4, -0.2) is 24.7 Å². The number of fused-ring (bicyclic) bond motifs is 1. The molecule has 0 aliphatic heterocycles. The summed E-state index contributed by atoms with van der Waals surface area (Å²) in [4.78, 5) is 25.2. The molecule has 0 unspecified atom stereocenters. The third-order valence-corrected chi connectivity index (χ3v) is 5.01. The molecule has 8 nitrogen and oxygen atoms in total. The average molecular weight is 416 g/mol. The average Bonchev–Trinajstić information content (AvgIpc) is 3.49. The highest BCUT2D eigenvalue weighted by atomic mass is 16.5. The molecule has 1 aliphatic rings. The summed E-state index contributed by atoms with van der Waals surface area (Å²) in [6.07, 6.45) is 3.63. The Kier molecular flexibility index (Phi) is 5.62. The number of allylic oxidation sites excluding steroid dienone is 1. The van der Waals surface area contributed by atoms with Gasteiger partial charge >= 0.3 is 0 Å². The number of aryl methyl sites for hydroxylation is 1. The van der Waals surface area contributed by atoms with Crippen LogP contribution in [0, 0.1) is 6.92 Å². The molecule has 0 spiro atoms. The van der Waals surface area contributed by atoms with Gasteiger partial charge in [-0.15, -0.1) is 0 Å². The number of hydrogen-bond acceptors (Lipinski definition) is 7. The lowest BCUT2D eigenvalue weighted by Crippen LogP contribution is -2.22. The first-order valence-corrected chi connectivity index (χ1v) is 10.1. The maximum atomic E-state index is 12.6. The van der Waals surface area contributed by atoms with Crippen molar-refractivity contribution in [3.8, 4) is 0 Å². The molecule has 0 bridgehead atoms. The molecule has 158 valence electrons. The minimum atomic E-state index is -0.193. The van der Waals surface area contributed by atoms with Crippen molar-refractivity contribution in [1.29, 1.82) is 0 Å². The molecule has 31 heavy (non-hydrogen) atoms. The highest BCUT2D eigenvalue weighted by Gasteiger charge is 2.28. The SMILES string of the molecule is C=C(C)c1ccccc1.Cc1cc(N)nc2ncn(Cc3nc(C4CC4)no3)c(=O)c12. The first kappa shape index (κ1) is 20.5. The number of nitrogens with zero attached hydrogens (tertiary/aromatic N) is 5. The van der Waals surface area contributed by atoms with E-state index in [1.54, 1.807) is 6.07 Å². The second-order valence-electron chi connectivity index (χ2n) is 7.71. The van der Waals surface area contributed by atoms with Crippen molar-refractivity contribution in [2.24, 2.45) is 0 Å². The Morgan fingerprint density at radius 2 is 2.00 bits per heavy atom. The van der Waals surface area contributed by atoms with Crippen LogP contribution in [-0.2, 0) is 6.54 Å². The van der Waals surface area contributed by atoms with Gasteiger partial charge in [0.2, 0.25) is 5.89 Å². The fourth-order valence-electron chi connectivity index (χ4n) is 3.18. The van der Waals surface area contributed by atoms with E-state index in [2.05, 4.69) is 38.8 Å². The normalized spacial score (nSPS) is 13.0. The quantitative estimate of drug-likeness (QED) is 0.539. The van der Waals surface area contributed by atoms with Crippen LogP contribution in [0.4, 0.5) is 5.82 Å². The molecule has 0 saturated heterocycles. The van der Waals surface area contributed by atoms with Crippen molar-refractivity contribution in [2.75, 3.05) is 5.73 Å². The molecule has 1 saturated carbocycles. The Morgan fingerprint density at radius 1 is 1.26 bits per heavy atom. The molecule has 3 aromatic heterocycles. The van der Waals surface area contributed by atoms with Gasteiger partial charge in [-0.25, -0.2) is 9.97 Å². The third kappa shape index (κ3) is 4.69. The summed E-state index contributed by atoms with van der Waals surface area (Å²) < 4.78 is 6.64. The summed E-state index contributed by atoms with van der Waals surface area (Å²) >= 11 is 0. The number of anilines is 1. The fraction of sp³-hybridized carbons (Fsp3) is 0.261. The zero-order chi connectivity index (χ0) is 22.0. The van der Waals surface area contributed by atoms with Gasteiger partial charge in [-0.05, 0) is 43.9 Å². The molecule has 1 fully saturated rings. The lowest BCUT2D eigenvalue weighted by Gasteiger charge is -2.06. The molecule has 2 N–H and O–H groups in total. The molecule has 3 heterocycles. The number of hydrogen-bond donors (Lipinski definition) is 1. The number of rotatable bonds is 4. The van der Waals surface area contributed by atoms with Crippen molar-refractivity contribution >= 4 is 22.4 Å². The van der Waals surface area contributed by atoms with E-state index in [1.807, 2.05) is 32.0 Å². The molecular weight excluding hydrogens is 392 g/mol. The van der Waals surface area contributed by atoms with Gasteiger partial charge in [0.05, 0.1) is 5.39 Å². The second kappa shape index (κ2) is 8.51. The van der Waals surface area contributed by atoms with Crippen molar-refractivity contribution in [3.63, 3.8) is 0 Å². The summed E-state index contributed by atoms with van der Waals surface area (Å²) in [7, 11) is 0. The Labute approximate surface area is 179 Å². The largest absolute Gasteiger partial charge is 0.384 e. The van der Waals surface area contributed by atoms with Gasteiger partial charge in [-0.3, -0.25) is 9.36 Å². The van der Waals surface area contributed by atoms with Crippen LogP contribution in [0.2, 0.25) is 0 Å². The van der Waals surface area contributed by atoms with E-state index in [-0.39, 0.29) is 12.1 Å². The molecule has 0 atom stereocenters. The van der Waals surface area contributed by atoms with E-state index >= 15 is 0 Å². The predicted octanol–water partition coefficient (Wildman–Crippen LogP) is 3.71. The van der Waals surface area contributed by atoms with Crippen molar-refractivity contribution in [3.05, 3.63) is 82.5 Å². The molecule has 5 rings (SSSR count). The zero-order valence-electron chi connectivity index (χ0n) is 17.6. The fourth-order valence-corrected chi connectivity index (χ4v) is 3.18. The van der Waals surface area contributed by atoms with Crippen LogP contribution in [0.15, 0.2) is 58.6 Å². The molecule has 1 aromatic carbocycles. The molecule has 8 heteroatoms. The summed E-state index contributed by atoms with van der Waals surface area (Å²) in [5.41, 5.74) is 8.93. The minimum absolute atomic E-state index is 0.193. The van der Waals surface area contributed by atoms with Gasteiger partial charge < -0.3 is 10.3 Å². The maximum absolute atomic E-state index is 12.6. The summed E-state index contributed by atoms with van der Waals surface area (Å²) in [6, 6.07) is 11.8. The zero-order valence-corrected chi connectivity index (χ0v) is 17.6. The predicted molar refractivity (Wildman–Crippen MR) is 119 cm³/mol. The Balaban J connectivity index is 0.000000217.